The molecule has 0 saturated carbocycles. The molecule has 2 heterocycles. The fraction of sp³-hybridized carbons (Fsp3) is 0.250. The second-order valence-electron chi connectivity index (χ2n) is 5.04. The largest absolute Gasteiger partial charge is 0.478 e. The average molecular weight is 268 g/mol. The summed E-state index contributed by atoms with van der Waals surface area (Å²) >= 11 is 0. The lowest BCUT2D eigenvalue weighted by Crippen LogP contribution is -2.25. The van der Waals surface area contributed by atoms with Crippen molar-refractivity contribution in [2.45, 2.75) is 19.8 Å². The van der Waals surface area contributed by atoms with E-state index in [2.05, 4.69) is 22.0 Å². The van der Waals surface area contributed by atoms with E-state index in [4.69, 9.17) is 0 Å². The third kappa shape index (κ3) is 2.25. The maximum Gasteiger partial charge on any atom is 0.335 e. The summed E-state index contributed by atoms with van der Waals surface area (Å²) in [5.74, 6) is -0.198. The highest BCUT2D eigenvalue weighted by Gasteiger charge is 2.20. The topological polar surface area (TPSA) is 53.4 Å². The highest BCUT2D eigenvalue weighted by molar-refractivity contribution is 5.89. The molecule has 0 aliphatic carbocycles. The number of para-hydroxylation sites is 1. The lowest BCUT2D eigenvalue weighted by molar-refractivity contribution is 0.0696. The Balaban J connectivity index is 2.08. The van der Waals surface area contributed by atoms with Crippen molar-refractivity contribution in [1.82, 2.24) is 4.98 Å². The van der Waals surface area contributed by atoms with E-state index in [9.17, 15) is 9.90 Å². The van der Waals surface area contributed by atoms with Crippen molar-refractivity contribution in [2.75, 3.05) is 11.4 Å². The highest BCUT2D eigenvalue weighted by atomic mass is 16.4. The Morgan fingerprint density at radius 3 is 2.90 bits per heavy atom. The van der Waals surface area contributed by atoms with Crippen LogP contribution < -0.4 is 4.90 Å². The van der Waals surface area contributed by atoms with Crippen LogP contribution >= 0.6 is 0 Å². The lowest BCUT2D eigenvalue weighted by Gasteiger charge is -2.30. The molecule has 1 aromatic heterocycles. The predicted octanol–water partition coefficient (Wildman–Crippen LogP) is 3.17. The number of rotatable bonds is 2. The zero-order chi connectivity index (χ0) is 14.1. The quantitative estimate of drug-likeness (QED) is 0.909. The minimum atomic E-state index is -0.915. The minimum absolute atomic E-state index is 0.288. The van der Waals surface area contributed by atoms with Crippen LogP contribution in [-0.2, 0) is 6.42 Å². The summed E-state index contributed by atoms with van der Waals surface area (Å²) in [5.41, 5.74) is 3.44. The first kappa shape index (κ1) is 12.7. The van der Waals surface area contributed by atoms with Gasteiger partial charge in [-0.15, -0.1) is 0 Å². The fourth-order valence-corrected chi connectivity index (χ4v) is 2.68. The summed E-state index contributed by atoms with van der Waals surface area (Å²) in [4.78, 5) is 17.8. The van der Waals surface area contributed by atoms with Crippen molar-refractivity contribution < 1.29 is 9.90 Å². The number of anilines is 2. The number of pyridine rings is 1. The summed E-state index contributed by atoms with van der Waals surface area (Å²) in [6, 6.07) is 11.5. The molecule has 1 N–H and O–H groups in total. The molecule has 0 spiro atoms. The van der Waals surface area contributed by atoms with Crippen molar-refractivity contribution in [3.8, 4) is 0 Å². The van der Waals surface area contributed by atoms with Crippen molar-refractivity contribution in [1.29, 1.82) is 0 Å². The van der Waals surface area contributed by atoms with Gasteiger partial charge in [0.1, 0.15) is 5.82 Å². The Hall–Kier alpha value is -2.36. The molecule has 4 nitrogen and oxygen atoms in total. The molecule has 1 aliphatic rings. The Morgan fingerprint density at radius 1 is 1.30 bits per heavy atom. The average Bonchev–Trinajstić information content (AvgIpc) is 2.46. The fourth-order valence-electron chi connectivity index (χ4n) is 2.68. The first-order chi connectivity index (χ1) is 9.65. The molecular formula is C16H16N2O2. The van der Waals surface area contributed by atoms with Crippen LogP contribution in [0.2, 0.25) is 0 Å². The Labute approximate surface area is 117 Å². The maximum absolute atomic E-state index is 11.2. The molecule has 0 fully saturated rings. The molecule has 4 heteroatoms. The summed E-state index contributed by atoms with van der Waals surface area (Å²) < 4.78 is 0. The number of carboxylic acids is 1. The van der Waals surface area contributed by atoms with E-state index in [1.54, 1.807) is 12.1 Å². The van der Waals surface area contributed by atoms with Gasteiger partial charge in [0, 0.05) is 17.9 Å². The van der Waals surface area contributed by atoms with Gasteiger partial charge in [-0.1, -0.05) is 18.2 Å². The zero-order valence-corrected chi connectivity index (χ0v) is 11.3. The van der Waals surface area contributed by atoms with Gasteiger partial charge < -0.3 is 10.0 Å². The summed E-state index contributed by atoms with van der Waals surface area (Å²) in [5, 5.41) is 9.18. The minimum Gasteiger partial charge on any atom is -0.478 e. The van der Waals surface area contributed by atoms with E-state index in [0.717, 1.165) is 36.6 Å². The van der Waals surface area contributed by atoms with Crippen molar-refractivity contribution in [2.24, 2.45) is 0 Å². The lowest BCUT2D eigenvalue weighted by atomic mass is 10.0. The number of hydrogen-bond donors (Lipinski definition) is 1. The van der Waals surface area contributed by atoms with Crippen LogP contribution in [0.4, 0.5) is 11.5 Å². The van der Waals surface area contributed by atoms with Gasteiger partial charge in [-0.05, 0) is 43.5 Å². The predicted molar refractivity (Wildman–Crippen MR) is 77.7 cm³/mol. The first-order valence-electron chi connectivity index (χ1n) is 6.72. The van der Waals surface area contributed by atoms with Gasteiger partial charge in [-0.25, -0.2) is 9.78 Å². The van der Waals surface area contributed by atoms with Crippen LogP contribution in [0.5, 0.6) is 0 Å². The normalized spacial score (nSPS) is 13.9. The Morgan fingerprint density at radius 2 is 2.10 bits per heavy atom. The van der Waals surface area contributed by atoms with Gasteiger partial charge in [0.2, 0.25) is 0 Å². The van der Waals surface area contributed by atoms with E-state index < -0.39 is 5.97 Å². The SMILES string of the molecule is Cc1cc(C(=O)O)cc(N2CCCc3ccccc32)n1. The van der Waals surface area contributed by atoms with Gasteiger partial charge in [0.25, 0.3) is 0 Å². The van der Waals surface area contributed by atoms with Crippen LogP contribution in [0.25, 0.3) is 0 Å². The number of aromatic carboxylic acids is 1. The Kier molecular flexibility index (Phi) is 3.14. The molecule has 0 atom stereocenters. The molecule has 3 rings (SSSR count). The summed E-state index contributed by atoms with van der Waals surface area (Å²) in [7, 11) is 0. The molecule has 102 valence electrons. The van der Waals surface area contributed by atoms with Crippen LogP contribution in [0.15, 0.2) is 36.4 Å². The van der Waals surface area contributed by atoms with E-state index in [-0.39, 0.29) is 5.56 Å². The van der Waals surface area contributed by atoms with E-state index >= 15 is 0 Å². The number of carbonyl (C=O) groups is 1. The molecule has 0 saturated heterocycles. The van der Waals surface area contributed by atoms with E-state index in [0.29, 0.717) is 0 Å². The highest BCUT2D eigenvalue weighted by Crippen LogP contribution is 2.32. The summed E-state index contributed by atoms with van der Waals surface area (Å²) in [6.07, 6.45) is 2.11. The number of nitrogens with zero attached hydrogens (tertiary/aromatic N) is 2. The molecule has 0 bridgehead atoms. The second kappa shape index (κ2) is 4.96. The van der Waals surface area contributed by atoms with E-state index in [1.165, 1.54) is 5.56 Å². The molecule has 0 amide bonds. The number of hydrogen-bond acceptors (Lipinski definition) is 3. The number of aromatic nitrogens is 1. The van der Waals surface area contributed by atoms with E-state index in [1.807, 2.05) is 19.1 Å². The van der Waals surface area contributed by atoms with Gasteiger partial charge in [0.15, 0.2) is 0 Å². The molecule has 20 heavy (non-hydrogen) atoms. The third-order valence-corrected chi connectivity index (χ3v) is 3.57. The standard InChI is InChI=1S/C16H16N2O2/c1-11-9-13(16(19)20)10-15(17-11)18-8-4-6-12-5-2-3-7-14(12)18/h2-3,5,7,9-10H,4,6,8H2,1H3,(H,19,20). The molecule has 1 aliphatic heterocycles. The number of benzene rings is 1. The molecule has 0 radical (unpaired) electrons. The van der Waals surface area contributed by atoms with Gasteiger partial charge in [-0.3, -0.25) is 0 Å². The van der Waals surface area contributed by atoms with Crippen LogP contribution in [0.3, 0.4) is 0 Å². The van der Waals surface area contributed by atoms with Crippen LogP contribution in [0, 0.1) is 6.92 Å². The zero-order valence-electron chi connectivity index (χ0n) is 11.3. The Bertz CT molecular complexity index is 667. The third-order valence-electron chi connectivity index (χ3n) is 3.57. The van der Waals surface area contributed by atoms with Crippen molar-refractivity contribution in [3.63, 3.8) is 0 Å². The van der Waals surface area contributed by atoms with Crippen LogP contribution in [-0.4, -0.2) is 22.6 Å². The van der Waals surface area contributed by atoms with Crippen molar-refractivity contribution in [3.05, 3.63) is 53.2 Å². The second-order valence-corrected chi connectivity index (χ2v) is 5.04. The molecule has 1 aromatic carbocycles. The van der Waals surface area contributed by atoms with Gasteiger partial charge in [0.05, 0.1) is 5.56 Å². The molecule has 2 aromatic rings. The van der Waals surface area contributed by atoms with Gasteiger partial charge in [-0.2, -0.15) is 0 Å². The van der Waals surface area contributed by atoms with Gasteiger partial charge >= 0.3 is 5.97 Å². The molecule has 0 unspecified atom stereocenters. The smallest absolute Gasteiger partial charge is 0.335 e. The first-order valence-corrected chi connectivity index (χ1v) is 6.72. The van der Waals surface area contributed by atoms with Crippen LogP contribution in [0.1, 0.15) is 28.0 Å². The molecular weight excluding hydrogens is 252 g/mol. The number of aryl methyl sites for hydroxylation is 2. The summed E-state index contributed by atoms with van der Waals surface area (Å²) in [6.45, 7) is 2.69. The maximum atomic E-state index is 11.2. The van der Waals surface area contributed by atoms with Crippen molar-refractivity contribution >= 4 is 17.5 Å². The monoisotopic (exact) mass is 268 g/mol. The number of carboxylic acid groups (broad SMARTS) is 1. The number of fused-ring (bicyclic) bond motifs is 1.